The van der Waals surface area contributed by atoms with Gasteiger partial charge in [-0.15, -0.1) is 0 Å². The van der Waals surface area contributed by atoms with Crippen LogP contribution in [-0.4, -0.2) is 38.0 Å². The molecule has 0 saturated carbocycles. The highest BCUT2D eigenvalue weighted by Crippen LogP contribution is 2.22. The van der Waals surface area contributed by atoms with Crippen LogP contribution in [0.5, 0.6) is 0 Å². The Morgan fingerprint density at radius 3 is 2.47 bits per heavy atom. The molecule has 0 aliphatic carbocycles. The molecule has 17 heavy (non-hydrogen) atoms. The van der Waals surface area contributed by atoms with Crippen LogP contribution < -0.4 is 5.73 Å². The minimum atomic E-state index is -3.54. The first kappa shape index (κ1) is 14.1. The Bertz CT molecular complexity index is 461. The second-order valence-corrected chi connectivity index (χ2v) is 6.26. The fourth-order valence-corrected chi connectivity index (χ4v) is 3.18. The van der Waals surface area contributed by atoms with Gasteiger partial charge in [0.05, 0.1) is 0 Å². The summed E-state index contributed by atoms with van der Waals surface area (Å²) in [5, 5.41) is 3.66. The van der Waals surface area contributed by atoms with E-state index in [0.29, 0.717) is 24.5 Å². The second-order valence-electron chi connectivity index (χ2n) is 4.28. The molecule has 1 rings (SSSR count). The number of hydrogen-bond acceptors (Lipinski definition) is 5. The topological polar surface area (TPSA) is 89.4 Å². The van der Waals surface area contributed by atoms with E-state index >= 15 is 0 Å². The third-order valence-electron chi connectivity index (χ3n) is 2.61. The molecule has 0 spiro atoms. The van der Waals surface area contributed by atoms with Crippen molar-refractivity contribution < 1.29 is 12.9 Å². The largest absolute Gasteiger partial charge is 0.360 e. The standard InChI is InChI=1S/C10H19N3O3S/c1-7(5-11)6-13(4)17(14,15)10-8(2)12-16-9(10)3/h7H,5-6,11H2,1-4H3. The highest BCUT2D eigenvalue weighted by atomic mass is 32.2. The van der Waals surface area contributed by atoms with E-state index in [4.69, 9.17) is 10.3 Å². The van der Waals surface area contributed by atoms with Crippen LogP contribution in [0.15, 0.2) is 9.42 Å². The van der Waals surface area contributed by atoms with Gasteiger partial charge in [-0.05, 0) is 26.3 Å². The average Bonchev–Trinajstić information content (AvgIpc) is 2.58. The van der Waals surface area contributed by atoms with Crippen molar-refractivity contribution in [1.29, 1.82) is 0 Å². The van der Waals surface area contributed by atoms with E-state index in [9.17, 15) is 8.42 Å². The molecule has 0 aromatic carbocycles. The van der Waals surface area contributed by atoms with Crippen molar-refractivity contribution in [2.75, 3.05) is 20.1 Å². The Balaban J connectivity index is 3.04. The lowest BCUT2D eigenvalue weighted by Crippen LogP contribution is -2.34. The molecular weight excluding hydrogens is 242 g/mol. The quantitative estimate of drug-likeness (QED) is 0.834. The van der Waals surface area contributed by atoms with Gasteiger partial charge in [0.15, 0.2) is 5.76 Å². The van der Waals surface area contributed by atoms with Crippen molar-refractivity contribution in [2.45, 2.75) is 25.7 Å². The lowest BCUT2D eigenvalue weighted by Gasteiger charge is -2.20. The van der Waals surface area contributed by atoms with Crippen LogP contribution in [0.2, 0.25) is 0 Å². The summed E-state index contributed by atoms with van der Waals surface area (Å²) in [6, 6.07) is 0. The van der Waals surface area contributed by atoms with Crippen molar-refractivity contribution in [1.82, 2.24) is 9.46 Å². The van der Waals surface area contributed by atoms with E-state index in [0.717, 1.165) is 0 Å². The summed E-state index contributed by atoms with van der Waals surface area (Å²) in [5.41, 5.74) is 5.87. The summed E-state index contributed by atoms with van der Waals surface area (Å²) in [6.45, 7) is 5.93. The van der Waals surface area contributed by atoms with Crippen molar-refractivity contribution >= 4 is 10.0 Å². The molecule has 2 N–H and O–H groups in total. The molecule has 7 heteroatoms. The number of aromatic nitrogens is 1. The maximum absolute atomic E-state index is 12.3. The maximum Gasteiger partial charge on any atom is 0.248 e. The first-order valence-electron chi connectivity index (χ1n) is 5.40. The molecule has 1 unspecified atom stereocenters. The molecule has 0 amide bonds. The van der Waals surface area contributed by atoms with Gasteiger partial charge in [-0.2, -0.15) is 0 Å². The average molecular weight is 261 g/mol. The molecule has 1 atom stereocenters. The Morgan fingerprint density at radius 2 is 2.06 bits per heavy atom. The zero-order valence-electron chi connectivity index (χ0n) is 10.6. The van der Waals surface area contributed by atoms with Crippen LogP contribution in [0.4, 0.5) is 0 Å². The van der Waals surface area contributed by atoms with Crippen LogP contribution in [0.25, 0.3) is 0 Å². The predicted octanol–water partition coefficient (Wildman–Crippen LogP) is 0.507. The molecule has 0 bridgehead atoms. The second kappa shape index (κ2) is 5.16. The van der Waals surface area contributed by atoms with Gasteiger partial charge in [0, 0.05) is 13.6 Å². The van der Waals surface area contributed by atoms with E-state index in [1.54, 1.807) is 13.8 Å². The first-order valence-corrected chi connectivity index (χ1v) is 6.84. The summed E-state index contributed by atoms with van der Waals surface area (Å²) in [7, 11) is -2.01. The van der Waals surface area contributed by atoms with Crippen molar-refractivity contribution in [3.05, 3.63) is 11.5 Å². The normalized spacial score (nSPS) is 14.2. The zero-order valence-corrected chi connectivity index (χ0v) is 11.4. The predicted molar refractivity (Wildman–Crippen MR) is 64.0 cm³/mol. The molecule has 0 fully saturated rings. The summed E-state index contributed by atoms with van der Waals surface area (Å²) >= 11 is 0. The van der Waals surface area contributed by atoms with Crippen LogP contribution in [0, 0.1) is 19.8 Å². The Hall–Kier alpha value is -0.920. The molecule has 0 saturated heterocycles. The van der Waals surface area contributed by atoms with E-state index in [-0.39, 0.29) is 10.8 Å². The number of nitrogens with two attached hydrogens (primary N) is 1. The van der Waals surface area contributed by atoms with Gasteiger partial charge in [-0.25, -0.2) is 12.7 Å². The minimum Gasteiger partial charge on any atom is -0.360 e. The van der Waals surface area contributed by atoms with Crippen LogP contribution in [-0.2, 0) is 10.0 Å². The smallest absolute Gasteiger partial charge is 0.248 e. The monoisotopic (exact) mass is 261 g/mol. The van der Waals surface area contributed by atoms with Crippen molar-refractivity contribution in [3.63, 3.8) is 0 Å². The summed E-state index contributed by atoms with van der Waals surface area (Å²) < 4.78 is 30.7. The number of rotatable bonds is 5. The number of sulfonamides is 1. The highest BCUT2D eigenvalue weighted by Gasteiger charge is 2.28. The molecule has 0 aliphatic heterocycles. The van der Waals surface area contributed by atoms with Crippen LogP contribution in [0.1, 0.15) is 18.4 Å². The third-order valence-corrected chi connectivity index (χ3v) is 4.68. The number of aryl methyl sites for hydroxylation is 2. The molecule has 0 radical (unpaired) electrons. The molecule has 0 aliphatic rings. The van der Waals surface area contributed by atoms with Gasteiger partial charge >= 0.3 is 0 Å². The van der Waals surface area contributed by atoms with Crippen molar-refractivity contribution in [2.24, 2.45) is 11.7 Å². The van der Waals surface area contributed by atoms with E-state index in [1.807, 2.05) is 6.92 Å². The third kappa shape index (κ3) is 2.85. The molecular formula is C10H19N3O3S. The lowest BCUT2D eigenvalue weighted by molar-refractivity contribution is 0.387. The first-order chi connectivity index (χ1) is 7.80. The summed E-state index contributed by atoms with van der Waals surface area (Å²) in [6.07, 6.45) is 0. The lowest BCUT2D eigenvalue weighted by atomic mass is 10.2. The fourth-order valence-electron chi connectivity index (χ4n) is 1.61. The minimum absolute atomic E-state index is 0.107. The molecule has 6 nitrogen and oxygen atoms in total. The SMILES string of the molecule is Cc1noc(C)c1S(=O)(=O)N(C)CC(C)CN. The van der Waals surface area contributed by atoms with Crippen molar-refractivity contribution in [3.8, 4) is 0 Å². The highest BCUT2D eigenvalue weighted by molar-refractivity contribution is 7.89. The number of hydrogen-bond donors (Lipinski definition) is 1. The number of nitrogens with zero attached hydrogens (tertiary/aromatic N) is 2. The maximum atomic E-state index is 12.3. The van der Waals surface area contributed by atoms with Gasteiger partial charge in [0.25, 0.3) is 0 Å². The van der Waals surface area contributed by atoms with Gasteiger partial charge in [0.1, 0.15) is 10.6 Å². The molecule has 98 valence electrons. The van der Waals surface area contributed by atoms with Crippen LogP contribution >= 0.6 is 0 Å². The summed E-state index contributed by atoms with van der Waals surface area (Å²) in [4.78, 5) is 0.157. The molecule has 1 heterocycles. The Kier molecular flexibility index (Phi) is 4.29. The Morgan fingerprint density at radius 1 is 1.47 bits per heavy atom. The zero-order chi connectivity index (χ0) is 13.2. The molecule has 1 aromatic heterocycles. The van der Waals surface area contributed by atoms with Gasteiger partial charge in [-0.1, -0.05) is 12.1 Å². The molecule has 1 aromatic rings. The van der Waals surface area contributed by atoms with Gasteiger partial charge in [0.2, 0.25) is 10.0 Å². The van der Waals surface area contributed by atoms with Crippen LogP contribution in [0.3, 0.4) is 0 Å². The fraction of sp³-hybridized carbons (Fsp3) is 0.700. The Labute approximate surface area is 102 Å². The van der Waals surface area contributed by atoms with E-state index < -0.39 is 10.0 Å². The van der Waals surface area contributed by atoms with Gasteiger partial charge < -0.3 is 10.3 Å². The van der Waals surface area contributed by atoms with E-state index in [2.05, 4.69) is 5.16 Å². The summed E-state index contributed by atoms with van der Waals surface area (Å²) in [5.74, 6) is 0.421. The van der Waals surface area contributed by atoms with Gasteiger partial charge in [-0.3, -0.25) is 0 Å². The van der Waals surface area contributed by atoms with E-state index in [1.165, 1.54) is 11.4 Å².